The number of rotatable bonds is 3. The average molecular weight is 397 g/mol. The van der Waals surface area contributed by atoms with Crippen molar-refractivity contribution in [2.75, 3.05) is 5.32 Å². The Labute approximate surface area is 154 Å². The molecule has 2 amide bonds. The fourth-order valence-electron chi connectivity index (χ4n) is 2.60. The highest BCUT2D eigenvalue weighted by molar-refractivity contribution is 6.40. The maximum absolute atomic E-state index is 13.4. The lowest BCUT2D eigenvalue weighted by Gasteiger charge is -2.21. The Morgan fingerprint density at radius 1 is 0.964 bits per heavy atom. The summed E-state index contributed by atoms with van der Waals surface area (Å²) in [5, 5.41) is 3.77. The van der Waals surface area contributed by atoms with Crippen LogP contribution >= 0.6 is 0 Å². The summed E-state index contributed by atoms with van der Waals surface area (Å²) in [5.41, 5.74) is -0.204. The zero-order valence-corrected chi connectivity index (χ0v) is 13.9. The van der Waals surface area contributed by atoms with Gasteiger partial charge in [0.05, 0.1) is 11.2 Å². The summed E-state index contributed by atoms with van der Waals surface area (Å²) in [4.78, 5) is 26.6. The van der Waals surface area contributed by atoms with Crippen molar-refractivity contribution < 1.29 is 31.5 Å². The summed E-state index contributed by atoms with van der Waals surface area (Å²) >= 11 is 0. The van der Waals surface area contributed by atoms with Crippen molar-refractivity contribution in [3.05, 3.63) is 65.9 Å². The topological polar surface area (TPSA) is 74.0 Å². The van der Waals surface area contributed by atoms with Gasteiger partial charge in [-0.2, -0.15) is 13.2 Å². The molecule has 0 aliphatic carbocycles. The minimum atomic E-state index is -4.83. The van der Waals surface area contributed by atoms with E-state index in [4.69, 9.17) is 0 Å². The van der Waals surface area contributed by atoms with E-state index in [1.165, 1.54) is 18.2 Å². The van der Waals surface area contributed by atoms with E-state index in [9.17, 15) is 31.5 Å². The molecule has 5 nitrogen and oxygen atoms in total. The summed E-state index contributed by atoms with van der Waals surface area (Å²) in [6.07, 6.45) is -3.67. The zero-order valence-electron chi connectivity index (χ0n) is 13.9. The number of amides is 2. The van der Waals surface area contributed by atoms with Crippen LogP contribution in [0.15, 0.2) is 48.7 Å². The minimum Gasteiger partial charge on any atom is -0.359 e. The van der Waals surface area contributed by atoms with E-state index in [1.807, 2.05) is 0 Å². The van der Waals surface area contributed by atoms with Gasteiger partial charge in [0, 0.05) is 17.6 Å². The Hall–Kier alpha value is -3.43. The monoisotopic (exact) mass is 397 g/mol. The molecule has 3 rings (SSSR count). The maximum atomic E-state index is 13.4. The first-order valence-electron chi connectivity index (χ1n) is 7.86. The number of carbonyl (C=O) groups excluding carboxylic acids is 2. The molecule has 0 aliphatic rings. The van der Waals surface area contributed by atoms with Crippen molar-refractivity contribution in [1.82, 2.24) is 10.3 Å². The van der Waals surface area contributed by atoms with E-state index in [1.54, 1.807) is 5.32 Å². The Morgan fingerprint density at radius 3 is 2.25 bits per heavy atom. The van der Waals surface area contributed by atoms with E-state index < -0.39 is 35.7 Å². The first-order valence-corrected chi connectivity index (χ1v) is 7.86. The summed E-state index contributed by atoms with van der Waals surface area (Å²) in [7, 11) is 0. The Morgan fingerprint density at radius 2 is 1.61 bits per heavy atom. The number of alkyl halides is 3. The average Bonchev–Trinajstić information content (AvgIpc) is 3.01. The first kappa shape index (κ1) is 19.3. The van der Waals surface area contributed by atoms with E-state index in [2.05, 4.69) is 10.3 Å². The second-order valence-corrected chi connectivity index (χ2v) is 5.83. The van der Waals surface area contributed by atoms with Crippen molar-refractivity contribution in [3.8, 4) is 0 Å². The van der Waals surface area contributed by atoms with Crippen LogP contribution in [0.4, 0.5) is 27.6 Å². The van der Waals surface area contributed by atoms with E-state index >= 15 is 0 Å². The largest absolute Gasteiger partial charge is 0.412 e. The Bertz CT molecular complexity index is 1030. The first-order chi connectivity index (χ1) is 13.2. The number of anilines is 1. The lowest BCUT2D eigenvalue weighted by atomic mass is 10.1. The molecule has 0 bridgehead atoms. The molecule has 0 aliphatic heterocycles. The fraction of sp³-hybridized carbons (Fsp3) is 0.111. The molecule has 146 valence electrons. The van der Waals surface area contributed by atoms with Gasteiger partial charge in [-0.05, 0) is 11.6 Å². The number of hydrogen-bond donors (Lipinski definition) is 3. The van der Waals surface area contributed by atoms with Gasteiger partial charge in [-0.15, -0.1) is 0 Å². The van der Waals surface area contributed by atoms with Crippen LogP contribution in [0.5, 0.6) is 0 Å². The summed E-state index contributed by atoms with van der Waals surface area (Å²) in [6.45, 7) is 0. The molecular formula is C18H12F5N3O2. The zero-order chi connectivity index (χ0) is 20.5. The molecule has 0 spiro atoms. The molecule has 0 saturated heterocycles. The van der Waals surface area contributed by atoms with Crippen LogP contribution < -0.4 is 10.6 Å². The van der Waals surface area contributed by atoms with E-state index in [0.717, 1.165) is 30.5 Å². The van der Waals surface area contributed by atoms with E-state index in [0.29, 0.717) is 0 Å². The van der Waals surface area contributed by atoms with Crippen molar-refractivity contribution in [3.63, 3.8) is 0 Å². The van der Waals surface area contributed by atoms with E-state index in [-0.39, 0.29) is 22.2 Å². The molecular weight excluding hydrogens is 385 g/mol. The van der Waals surface area contributed by atoms with Gasteiger partial charge in [0.15, 0.2) is 17.7 Å². The van der Waals surface area contributed by atoms with Crippen molar-refractivity contribution in [2.45, 2.75) is 12.2 Å². The van der Waals surface area contributed by atoms with Crippen LogP contribution in [0.3, 0.4) is 0 Å². The van der Waals surface area contributed by atoms with Gasteiger partial charge in [-0.1, -0.05) is 30.3 Å². The third-order valence-corrected chi connectivity index (χ3v) is 3.91. The number of carbonyl (C=O) groups is 2. The molecule has 1 aromatic heterocycles. The van der Waals surface area contributed by atoms with Crippen LogP contribution in [0, 0.1) is 11.6 Å². The second kappa shape index (κ2) is 7.29. The van der Waals surface area contributed by atoms with Gasteiger partial charge >= 0.3 is 18.0 Å². The maximum Gasteiger partial charge on any atom is 0.412 e. The summed E-state index contributed by atoms with van der Waals surface area (Å²) in [5.74, 6) is -5.24. The minimum absolute atomic E-state index is 0.0514. The van der Waals surface area contributed by atoms with Gasteiger partial charge < -0.3 is 15.6 Å². The van der Waals surface area contributed by atoms with Crippen LogP contribution in [-0.4, -0.2) is 23.0 Å². The number of aromatic nitrogens is 1. The lowest BCUT2D eigenvalue weighted by molar-refractivity contribution is -0.164. The van der Waals surface area contributed by atoms with Gasteiger partial charge in [-0.25, -0.2) is 8.78 Å². The molecule has 0 saturated carbocycles. The number of H-pyrrole nitrogens is 1. The smallest absolute Gasteiger partial charge is 0.359 e. The normalized spacial score (nSPS) is 12.6. The summed E-state index contributed by atoms with van der Waals surface area (Å²) in [6, 6.07) is 5.79. The highest BCUT2D eigenvalue weighted by Gasteiger charge is 2.42. The predicted octanol–water partition coefficient (Wildman–Crippen LogP) is 3.80. The predicted molar refractivity (Wildman–Crippen MR) is 90.2 cm³/mol. The number of fused-ring (bicyclic) bond motifs is 1. The molecule has 3 aromatic rings. The highest BCUT2D eigenvalue weighted by atomic mass is 19.4. The van der Waals surface area contributed by atoms with Gasteiger partial charge in [0.2, 0.25) is 0 Å². The number of hydrogen-bond acceptors (Lipinski definition) is 2. The number of aromatic amines is 1. The van der Waals surface area contributed by atoms with Crippen LogP contribution in [0.1, 0.15) is 11.6 Å². The Kier molecular flexibility index (Phi) is 5.04. The molecule has 3 N–H and O–H groups in total. The highest BCUT2D eigenvalue weighted by Crippen LogP contribution is 2.32. The van der Waals surface area contributed by atoms with Gasteiger partial charge in [0.25, 0.3) is 0 Å². The number of nitrogens with one attached hydrogen (secondary N) is 3. The molecule has 0 unspecified atom stereocenters. The third kappa shape index (κ3) is 3.95. The summed E-state index contributed by atoms with van der Waals surface area (Å²) < 4.78 is 66.4. The quantitative estimate of drug-likeness (QED) is 0.465. The number of benzene rings is 2. The fourth-order valence-corrected chi connectivity index (χ4v) is 2.60. The lowest BCUT2D eigenvalue weighted by Crippen LogP contribution is -2.43. The molecule has 2 aromatic carbocycles. The second-order valence-electron chi connectivity index (χ2n) is 5.83. The van der Waals surface area contributed by atoms with Crippen LogP contribution in [0.25, 0.3) is 10.9 Å². The molecule has 10 heteroatoms. The SMILES string of the molecule is O=C(Nc1c[nH]c2cc(F)c(F)cc12)C(=O)N[C@@H](c1ccccc1)C(F)(F)F. The standard InChI is InChI=1S/C18H12F5N3O2/c19-11-6-10-13(7-12(11)20)24-8-14(10)25-16(27)17(28)26-15(18(21,22)23)9-4-2-1-3-5-9/h1-8,15,24H,(H,25,27)(H,26,28)/t15-/m0/s1. The molecule has 28 heavy (non-hydrogen) atoms. The molecule has 1 heterocycles. The van der Waals surface area contributed by atoms with Crippen molar-refractivity contribution >= 4 is 28.4 Å². The van der Waals surface area contributed by atoms with Crippen molar-refractivity contribution in [1.29, 1.82) is 0 Å². The van der Waals surface area contributed by atoms with Crippen LogP contribution in [-0.2, 0) is 9.59 Å². The van der Waals surface area contributed by atoms with Gasteiger partial charge in [-0.3, -0.25) is 9.59 Å². The number of halogens is 5. The van der Waals surface area contributed by atoms with Crippen molar-refractivity contribution in [2.24, 2.45) is 0 Å². The van der Waals surface area contributed by atoms with Crippen LogP contribution in [0.2, 0.25) is 0 Å². The third-order valence-electron chi connectivity index (χ3n) is 3.91. The molecule has 0 fully saturated rings. The molecule has 1 atom stereocenters. The Balaban J connectivity index is 1.79. The van der Waals surface area contributed by atoms with Gasteiger partial charge in [0.1, 0.15) is 0 Å². The molecule has 0 radical (unpaired) electrons.